The zero-order valence-corrected chi connectivity index (χ0v) is 18.0. The zero-order chi connectivity index (χ0) is 20.8. The summed E-state index contributed by atoms with van der Waals surface area (Å²) in [6.07, 6.45) is 3.95. The Labute approximate surface area is 172 Å². The fraction of sp³-hybridized carbons (Fsp3) is 0.619. The topological polar surface area (TPSA) is 78.0 Å². The number of anilines is 1. The molecule has 29 heavy (non-hydrogen) atoms. The van der Waals surface area contributed by atoms with Crippen LogP contribution in [-0.4, -0.2) is 61.7 Å². The summed E-state index contributed by atoms with van der Waals surface area (Å²) in [5.74, 6) is 0.0940. The maximum atomic E-state index is 13.2. The van der Waals surface area contributed by atoms with Gasteiger partial charge in [0.15, 0.2) is 0 Å². The van der Waals surface area contributed by atoms with Crippen molar-refractivity contribution in [2.45, 2.75) is 56.9 Å². The van der Waals surface area contributed by atoms with Crippen LogP contribution in [0.1, 0.15) is 45.1 Å². The van der Waals surface area contributed by atoms with Gasteiger partial charge in [-0.15, -0.1) is 0 Å². The summed E-state index contributed by atoms with van der Waals surface area (Å²) >= 11 is 0. The van der Waals surface area contributed by atoms with E-state index in [0.717, 1.165) is 37.2 Å². The third-order valence-corrected chi connectivity index (χ3v) is 8.36. The van der Waals surface area contributed by atoms with Crippen molar-refractivity contribution < 1.29 is 18.0 Å². The van der Waals surface area contributed by atoms with E-state index in [9.17, 15) is 18.0 Å². The maximum Gasteiger partial charge on any atom is 0.243 e. The molecule has 158 valence electrons. The van der Waals surface area contributed by atoms with Crippen LogP contribution in [0.2, 0.25) is 0 Å². The second kappa shape index (κ2) is 7.72. The summed E-state index contributed by atoms with van der Waals surface area (Å²) in [4.78, 5) is 28.4. The van der Waals surface area contributed by atoms with Gasteiger partial charge in [-0.3, -0.25) is 9.59 Å². The smallest absolute Gasteiger partial charge is 0.243 e. The molecule has 7 nitrogen and oxygen atoms in total. The highest BCUT2D eigenvalue weighted by molar-refractivity contribution is 7.89. The van der Waals surface area contributed by atoms with Crippen LogP contribution in [0.4, 0.5) is 5.69 Å². The van der Waals surface area contributed by atoms with Crippen molar-refractivity contribution in [3.8, 4) is 0 Å². The molecule has 0 bridgehead atoms. The number of amides is 2. The van der Waals surface area contributed by atoms with Crippen molar-refractivity contribution in [1.82, 2.24) is 9.21 Å². The number of rotatable bonds is 3. The van der Waals surface area contributed by atoms with E-state index in [2.05, 4.69) is 0 Å². The first-order valence-corrected chi connectivity index (χ1v) is 11.9. The van der Waals surface area contributed by atoms with Gasteiger partial charge in [-0.2, -0.15) is 4.31 Å². The molecule has 3 aliphatic rings. The predicted octanol–water partition coefficient (Wildman–Crippen LogP) is 2.01. The molecule has 3 aliphatic heterocycles. The molecule has 0 aliphatic carbocycles. The number of sulfonamides is 1. The lowest BCUT2D eigenvalue weighted by Crippen LogP contribution is -2.43. The van der Waals surface area contributed by atoms with Crippen molar-refractivity contribution in [2.24, 2.45) is 5.92 Å². The maximum absolute atomic E-state index is 13.2. The van der Waals surface area contributed by atoms with Crippen LogP contribution in [0.15, 0.2) is 23.1 Å². The molecule has 3 heterocycles. The summed E-state index contributed by atoms with van der Waals surface area (Å²) in [7, 11) is -3.60. The Morgan fingerprint density at radius 3 is 2.31 bits per heavy atom. The van der Waals surface area contributed by atoms with E-state index in [4.69, 9.17) is 0 Å². The molecule has 2 amide bonds. The molecule has 0 N–H and O–H groups in total. The van der Waals surface area contributed by atoms with Gasteiger partial charge in [0.05, 0.1) is 4.90 Å². The third kappa shape index (κ3) is 3.68. The molecule has 1 aromatic rings. The van der Waals surface area contributed by atoms with Crippen LogP contribution in [0.3, 0.4) is 0 Å². The SMILES string of the molecule is CC(=O)N1c2ccc(S(=O)(=O)N3CCC(C(=O)N4CCCC4)CC3)cc2CC1C. The molecular formula is C21H29N3O4S. The largest absolute Gasteiger partial charge is 0.342 e. The minimum Gasteiger partial charge on any atom is -0.342 e. The van der Waals surface area contributed by atoms with E-state index >= 15 is 0 Å². The van der Waals surface area contributed by atoms with Crippen molar-refractivity contribution in [3.05, 3.63) is 23.8 Å². The van der Waals surface area contributed by atoms with E-state index in [1.54, 1.807) is 23.1 Å². The molecule has 1 aromatic carbocycles. The number of likely N-dealkylation sites (tertiary alicyclic amines) is 1. The Morgan fingerprint density at radius 2 is 1.69 bits per heavy atom. The lowest BCUT2D eigenvalue weighted by molar-refractivity contribution is -0.135. The molecule has 1 unspecified atom stereocenters. The number of carbonyl (C=O) groups excluding carboxylic acids is 2. The fourth-order valence-electron chi connectivity index (χ4n) is 4.94. The molecule has 2 saturated heterocycles. The molecule has 0 spiro atoms. The average Bonchev–Trinajstić information content (AvgIpc) is 3.33. The Balaban J connectivity index is 1.47. The van der Waals surface area contributed by atoms with Crippen LogP contribution in [0.25, 0.3) is 0 Å². The number of piperidine rings is 1. The first-order chi connectivity index (χ1) is 13.8. The van der Waals surface area contributed by atoms with Crippen LogP contribution in [-0.2, 0) is 26.0 Å². The van der Waals surface area contributed by atoms with Gasteiger partial charge in [-0.25, -0.2) is 8.42 Å². The quantitative estimate of drug-likeness (QED) is 0.751. The number of carbonyl (C=O) groups is 2. The summed E-state index contributed by atoms with van der Waals surface area (Å²) in [6, 6.07) is 5.10. The number of hydrogen-bond acceptors (Lipinski definition) is 4. The molecule has 4 rings (SSSR count). The monoisotopic (exact) mass is 419 g/mol. The van der Waals surface area contributed by atoms with Gasteiger partial charge in [0.25, 0.3) is 0 Å². The normalized spacial score (nSPS) is 23.4. The summed E-state index contributed by atoms with van der Waals surface area (Å²) in [5.41, 5.74) is 1.70. The van der Waals surface area contributed by atoms with E-state index < -0.39 is 10.0 Å². The highest BCUT2D eigenvalue weighted by atomic mass is 32.2. The van der Waals surface area contributed by atoms with Gasteiger partial charge in [0.1, 0.15) is 0 Å². The highest BCUT2D eigenvalue weighted by Gasteiger charge is 2.36. The number of benzene rings is 1. The van der Waals surface area contributed by atoms with Crippen molar-refractivity contribution in [1.29, 1.82) is 0 Å². The molecule has 8 heteroatoms. The van der Waals surface area contributed by atoms with Gasteiger partial charge < -0.3 is 9.80 Å². The van der Waals surface area contributed by atoms with Crippen molar-refractivity contribution in [2.75, 3.05) is 31.1 Å². The minimum absolute atomic E-state index is 0.0309. The molecule has 0 saturated carbocycles. The van der Waals surface area contributed by atoms with Gasteiger partial charge in [-0.05, 0) is 62.8 Å². The standard InChI is InChI=1S/C21H29N3O4S/c1-15-13-18-14-19(5-6-20(18)24(15)16(2)25)29(27,28)23-11-7-17(8-12-23)21(26)22-9-3-4-10-22/h5-6,14-15,17H,3-4,7-13H2,1-2H3. The predicted molar refractivity (Wildman–Crippen MR) is 110 cm³/mol. The number of fused-ring (bicyclic) bond motifs is 1. The van der Waals surface area contributed by atoms with Gasteiger partial charge in [0.2, 0.25) is 21.8 Å². The Morgan fingerprint density at radius 1 is 1.03 bits per heavy atom. The second-order valence-electron chi connectivity index (χ2n) is 8.44. The van der Waals surface area contributed by atoms with Gasteiger partial charge >= 0.3 is 0 Å². The molecular weight excluding hydrogens is 390 g/mol. The van der Waals surface area contributed by atoms with Gasteiger partial charge in [-0.1, -0.05) is 0 Å². The number of nitrogens with zero attached hydrogens (tertiary/aromatic N) is 3. The van der Waals surface area contributed by atoms with Crippen molar-refractivity contribution in [3.63, 3.8) is 0 Å². The first kappa shape index (κ1) is 20.3. The van der Waals surface area contributed by atoms with Crippen LogP contribution >= 0.6 is 0 Å². The molecule has 0 aromatic heterocycles. The zero-order valence-electron chi connectivity index (χ0n) is 17.1. The third-order valence-electron chi connectivity index (χ3n) is 6.46. The van der Waals surface area contributed by atoms with E-state index in [1.807, 2.05) is 11.8 Å². The lowest BCUT2D eigenvalue weighted by Gasteiger charge is -2.32. The Hall–Kier alpha value is -1.93. The van der Waals surface area contributed by atoms with Gasteiger partial charge in [0, 0.05) is 50.7 Å². The summed E-state index contributed by atoms with van der Waals surface area (Å²) in [5, 5.41) is 0. The van der Waals surface area contributed by atoms with Crippen LogP contribution in [0.5, 0.6) is 0 Å². The summed E-state index contributed by atoms with van der Waals surface area (Å²) < 4.78 is 27.8. The van der Waals surface area contributed by atoms with Crippen LogP contribution in [0, 0.1) is 5.92 Å². The highest BCUT2D eigenvalue weighted by Crippen LogP contribution is 2.35. The minimum atomic E-state index is -3.60. The summed E-state index contributed by atoms with van der Waals surface area (Å²) in [6.45, 7) is 5.92. The second-order valence-corrected chi connectivity index (χ2v) is 10.4. The van der Waals surface area contributed by atoms with E-state index in [0.29, 0.717) is 32.4 Å². The lowest BCUT2D eigenvalue weighted by atomic mass is 9.97. The van der Waals surface area contributed by atoms with Crippen LogP contribution < -0.4 is 4.90 Å². The van der Waals surface area contributed by atoms with E-state index in [-0.39, 0.29) is 28.7 Å². The Kier molecular flexibility index (Phi) is 5.42. The van der Waals surface area contributed by atoms with E-state index in [1.165, 1.54) is 11.2 Å². The van der Waals surface area contributed by atoms with Crippen molar-refractivity contribution >= 4 is 27.5 Å². The average molecular weight is 420 g/mol. The fourth-order valence-corrected chi connectivity index (χ4v) is 6.46. The first-order valence-electron chi connectivity index (χ1n) is 10.5. The number of hydrogen-bond donors (Lipinski definition) is 0. The Bertz CT molecular complexity index is 916. The molecule has 0 radical (unpaired) electrons. The molecule has 2 fully saturated rings. The molecule has 1 atom stereocenters.